The van der Waals surface area contributed by atoms with Gasteiger partial charge in [0.15, 0.2) is 0 Å². The molecule has 0 bridgehead atoms. The summed E-state index contributed by atoms with van der Waals surface area (Å²) < 4.78 is 24.2. The van der Waals surface area contributed by atoms with E-state index < -0.39 is 6.43 Å². The van der Waals surface area contributed by atoms with E-state index in [4.69, 9.17) is 11.5 Å². The molecule has 4 N–H and O–H groups in total. The number of alkyl halides is 2. The second-order valence-corrected chi connectivity index (χ2v) is 2.03. The summed E-state index contributed by atoms with van der Waals surface area (Å²) in [6, 6.07) is 0. The van der Waals surface area contributed by atoms with E-state index in [1.807, 2.05) is 0 Å². The molecule has 1 heterocycles. The Morgan fingerprint density at radius 1 is 1.18 bits per heavy atom. The van der Waals surface area contributed by atoms with Gasteiger partial charge >= 0.3 is 0 Å². The average Bonchev–Trinajstić information content (AvgIpc) is 1.85. The van der Waals surface area contributed by atoms with Gasteiger partial charge in [0.25, 0.3) is 6.43 Å². The number of hydrogen-bond acceptors (Lipinski definition) is 3. The maximum Gasteiger partial charge on any atom is 0.267 e. The fourth-order valence-electron chi connectivity index (χ4n) is 0.756. The van der Waals surface area contributed by atoms with Crippen molar-refractivity contribution in [2.24, 2.45) is 0 Å². The van der Waals surface area contributed by atoms with E-state index in [0.717, 1.165) is 12.4 Å². The van der Waals surface area contributed by atoms with Crippen LogP contribution >= 0.6 is 0 Å². The first-order chi connectivity index (χ1) is 5.13. The maximum absolute atomic E-state index is 12.1. The quantitative estimate of drug-likeness (QED) is 0.646. The molecular weight excluding hydrogens is 152 g/mol. The maximum atomic E-state index is 12.1. The first-order valence-electron chi connectivity index (χ1n) is 2.90. The van der Waals surface area contributed by atoms with Crippen LogP contribution in [0.2, 0.25) is 0 Å². The van der Waals surface area contributed by atoms with Gasteiger partial charge in [0.1, 0.15) is 0 Å². The molecule has 5 heteroatoms. The number of halogens is 2. The predicted molar refractivity (Wildman–Crippen MR) is 38.0 cm³/mol. The number of nitrogen functional groups attached to an aromatic ring is 2. The summed E-state index contributed by atoms with van der Waals surface area (Å²) in [6.45, 7) is 0. The molecule has 0 saturated heterocycles. The first kappa shape index (κ1) is 7.71. The van der Waals surface area contributed by atoms with E-state index in [0.29, 0.717) is 0 Å². The fourth-order valence-corrected chi connectivity index (χ4v) is 0.756. The lowest BCUT2D eigenvalue weighted by molar-refractivity contribution is 0.153. The molecule has 1 rings (SSSR count). The van der Waals surface area contributed by atoms with Crippen molar-refractivity contribution >= 4 is 11.4 Å². The highest BCUT2D eigenvalue weighted by Crippen LogP contribution is 2.28. The van der Waals surface area contributed by atoms with Gasteiger partial charge in [-0.15, -0.1) is 0 Å². The number of hydrogen-bond donors (Lipinski definition) is 2. The zero-order chi connectivity index (χ0) is 8.43. The Morgan fingerprint density at radius 2 is 1.64 bits per heavy atom. The summed E-state index contributed by atoms with van der Waals surface area (Å²) in [5.74, 6) is 0. The van der Waals surface area contributed by atoms with Gasteiger partial charge in [-0.05, 0) is 0 Å². The number of aromatic nitrogens is 1. The Bertz CT molecular complexity index is 242. The van der Waals surface area contributed by atoms with Crippen molar-refractivity contribution in [3.63, 3.8) is 0 Å². The van der Waals surface area contributed by atoms with E-state index in [1.54, 1.807) is 0 Å². The average molecular weight is 159 g/mol. The Hall–Kier alpha value is -1.39. The van der Waals surface area contributed by atoms with Crippen molar-refractivity contribution in [3.8, 4) is 0 Å². The third-order valence-electron chi connectivity index (χ3n) is 1.27. The molecule has 11 heavy (non-hydrogen) atoms. The van der Waals surface area contributed by atoms with Crippen LogP contribution in [-0.2, 0) is 0 Å². The van der Waals surface area contributed by atoms with Crippen LogP contribution in [0.25, 0.3) is 0 Å². The lowest BCUT2D eigenvalue weighted by Gasteiger charge is -2.05. The van der Waals surface area contributed by atoms with Gasteiger partial charge in [-0.2, -0.15) is 0 Å². The normalized spacial score (nSPS) is 10.5. The predicted octanol–water partition coefficient (Wildman–Crippen LogP) is 1.18. The van der Waals surface area contributed by atoms with E-state index >= 15 is 0 Å². The van der Waals surface area contributed by atoms with Gasteiger partial charge in [-0.3, -0.25) is 4.98 Å². The molecule has 0 atom stereocenters. The van der Waals surface area contributed by atoms with E-state index in [-0.39, 0.29) is 16.9 Å². The second-order valence-electron chi connectivity index (χ2n) is 2.03. The van der Waals surface area contributed by atoms with Crippen molar-refractivity contribution in [2.45, 2.75) is 6.43 Å². The minimum Gasteiger partial charge on any atom is -0.397 e. The lowest BCUT2D eigenvalue weighted by atomic mass is 10.2. The van der Waals surface area contributed by atoms with Crippen molar-refractivity contribution in [1.29, 1.82) is 0 Å². The van der Waals surface area contributed by atoms with Crippen LogP contribution in [0.1, 0.15) is 12.0 Å². The molecule has 60 valence electrons. The van der Waals surface area contributed by atoms with Crippen LogP contribution in [0.15, 0.2) is 12.4 Å². The standard InChI is InChI=1S/C6H7F2N3/c7-6(8)5-3(9)1-11-2-4(5)10/h1-2,6H,9-10H2. The summed E-state index contributed by atoms with van der Waals surface area (Å²) in [5.41, 5.74) is 9.93. The summed E-state index contributed by atoms with van der Waals surface area (Å²) in [7, 11) is 0. The molecule has 0 aromatic carbocycles. The Kier molecular flexibility index (Phi) is 1.89. The van der Waals surface area contributed by atoms with Gasteiger partial charge in [0, 0.05) is 0 Å². The molecule has 0 amide bonds. The Labute approximate surface area is 62.0 Å². The number of rotatable bonds is 1. The highest BCUT2D eigenvalue weighted by molar-refractivity contribution is 5.59. The molecule has 1 aromatic rings. The van der Waals surface area contributed by atoms with Crippen LogP contribution in [0.4, 0.5) is 20.2 Å². The van der Waals surface area contributed by atoms with Crippen LogP contribution in [-0.4, -0.2) is 4.98 Å². The summed E-state index contributed by atoms with van der Waals surface area (Å²) >= 11 is 0. The van der Waals surface area contributed by atoms with Crippen molar-refractivity contribution < 1.29 is 8.78 Å². The first-order valence-corrected chi connectivity index (χ1v) is 2.90. The monoisotopic (exact) mass is 159 g/mol. The smallest absolute Gasteiger partial charge is 0.267 e. The summed E-state index contributed by atoms with van der Waals surface area (Å²) in [4.78, 5) is 3.54. The van der Waals surface area contributed by atoms with Gasteiger partial charge in [-0.25, -0.2) is 8.78 Å². The molecule has 0 aliphatic rings. The molecule has 0 radical (unpaired) electrons. The molecule has 1 aromatic heterocycles. The number of nitrogens with zero attached hydrogens (tertiary/aromatic N) is 1. The number of anilines is 2. The van der Waals surface area contributed by atoms with Gasteiger partial charge < -0.3 is 11.5 Å². The van der Waals surface area contributed by atoms with Crippen molar-refractivity contribution in [2.75, 3.05) is 11.5 Å². The third-order valence-corrected chi connectivity index (χ3v) is 1.27. The van der Waals surface area contributed by atoms with Gasteiger partial charge in [0.2, 0.25) is 0 Å². The van der Waals surface area contributed by atoms with Crippen molar-refractivity contribution in [1.82, 2.24) is 4.98 Å². The largest absolute Gasteiger partial charge is 0.397 e. The molecule has 0 aliphatic heterocycles. The highest BCUT2D eigenvalue weighted by atomic mass is 19.3. The summed E-state index contributed by atoms with van der Waals surface area (Å²) in [6.07, 6.45) is -0.339. The minimum atomic E-state index is -2.64. The lowest BCUT2D eigenvalue weighted by Crippen LogP contribution is -2.01. The topological polar surface area (TPSA) is 64.9 Å². The summed E-state index contributed by atoms with van der Waals surface area (Å²) in [5, 5.41) is 0. The second kappa shape index (κ2) is 2.69. The fraction of sp³-hybridized carbons (Fsp3) is 0.167. The van der Waals surface area contributed by atoms with Crippen LogP contribution in [0.5, 0.6) is 0 Å². The van der Waals surface area contributed by atoms with Crippen molar-refractivity contribution in [3.05, 3.63) is 18.0 Å². The zero-order valence-electron chi connectivity index (χ0n) is 5.59. The van der Waals surface area contributed by atoms with E-state index in [1.165, 1.54) is 0 Å². The number of nitrogens with two attached hydrogens (primary N) is 2. The molecule has 0 saturated carbocycles. The SMILES string of the molecule is Nc1cncc(N)c1C(F)F. The zero-order valence-corrected chi connectivity index (χ0v) is 5.59. The van der Waals surface area contributed by atoms with Crippen LogP contribution < -0.4 is 11.5 Å². The van der Waals surface area contributed by atoms with Crippen LogP contribution in [0.3, 0.4) is 0 Å². The van der Waals surface area contributed by atoms with Crippen LogP contribution in [0, 0.1) is 0 Å². The van der Waals surface area contributed by atoms with Gasteiger partial charge in [-0.1, -0.05) is 0 Å². The van der Waals surface area contributed by atoms with E-state index in [2.05, 4.69) is 4.98 Å². The minimum absolute atomic E-state index is 0.0694. The molecule has 0 fully saturated rings. The van der Waals surface area contributed by atoms with E-state index in [9.17, 15) is 8.78 Å². The molecule has 3 nitrogen and oxygen atoms in total. The molecule has 0 spiro atoms. The Morgan fingerprint density at radius 3 is 1.91 bits per heavy atom. The molecular formula is C6H7F2N3. The number of pyridine rings is 1. The highest BCUT2D eigenvalue weighted by Gasteiger charge is 2.14. The molecule has 0 unspecified atom stereocenters. The van der Waals surface area contributed by atoms with Gasteiger partial charge in [0.05, 0.1) is 29.3 Å². The Balaban J connectivity index is 3.21. The third kappa shape index (κ3) is 1.36. The molecule has 0 aliphatic carbocycles.